The fourth-order valence-corrected chi connectivity index (χ4v) is 4.51. The van der Waals surface area contributed by atoms with E-state index in [1.165, 1.54) is 32.1 Å². The lowest BCUT2D eigenvalue weighted by Gasteiger charge is -2.37. The van der Waals surface area contributed by atoms with E-state index in [0.717, 1.165) is 38.9 Å². The molecule has 3 rings (SSSR count). The van der Waals surface area contributed by atoms with Crippen LogP contribution in [0.4, 0.5) is 0 Å². The first kappa shape index (κ1) is 16.1. The second-order valence-corrected chi connectivity index (χ2v) is 7.42. The standard InChI is InChI=1S/C17H31N3O2/c18-16(20-14-4-2-1-3-5-14)19-12-13-6-7-17(15(13)21)8-10-22-11-9-17/h13-15,21H,1-12H2,(H3,18,19,20). The maximum atomic E-state index is 10.7. The van der Waals surface area contributed by atoms with Gasteiger partial charge in [0.05, 0.1) is 6.10 Å². The minimum Gasteiger partial charge on any atom is -0.392 e. The highest BCUT2D eigenvalue weighted by Gasteiger charge is 2.47. The number of nitrogens with one attached hydrogen (secondary N) is 1. The van der Waals surface area contributed by atoms with E-state index in [9.17, 15) is 5.11 Å². The SMILES string of the molecule is NC(=NCC1CCC2(CCOCC2)C1O)NC1CCCCC1. The lowest BCUT2D eigenvalue weighted by Crippen LogP contribution is -2.42. The summed E-state index contributed by atoms with van der Waals surface area (Å²) in [5.74, 6) is 0.817. The first-order chi connectivity index (χ1) is 10.7. The van der Waals surface area contributed by atoms with E-state index in [4.69, 9.17) is 10.5 Å². The largest absolute Gasteiger partial charge is 0.392 e. The minimum absolute atomic E-state index is 0.0873. The Kier molecular flexibility index (Phi) is 5.24. The maximum absolute atomic E-state index is 10.7. The molecule has 3 aliphatic rings. The van der Waals surface area contributed by atoms with Gasteiger partial charge in [0.2, 0.25) is 0 Å². The normalized spacial score (nSPS) is 33.2. The van der Waals surface area contributed by atoms with Crippen LogP contribution in [0.1, 0.15) is 57.8 Å². The highest BCUT2D eigenvalue weighted by atomic mass is 16.5. The summed E-state index contributed by atoms with van der Waals surface area (Å²) in [6, 6.07) is 0.493. The maximum Gasteiger partial charge on any atom is 0.188 e. The molecule has 5 nitrogen and oxygen atoms in total. The molecule has 0 aromatic heterocycles. The predicted octanol–water partition coefficient (Wildman–Crippen LogP) is 1.79. The second kappa shape index (κ2) is 7.18. The molecule has 0 amide bonds. The minimum atomic E-state index is -0.248. The zero-order chi connectivity index (χ0) is 15.4. The Balaban J connectivity index is 1.49. The van der Waals surface area contributed by atoms with Crippen molar-refractivity contribution < 1.29 is 9.84 Å². The van der Waals surface area contributed by atoms with Gasteiger partial charge in [0.25, 0.3) is 0 Å². The topological polar surface area (TPSA) is 79.9 Å². The fourth-order valence-electron chi connectivity index (χ4n) is 4.51. The van der Waals surface area contributed by atoms with Gasteiger partial charge in [-0.05, 0) is 38.5 Å². The molecule has 4 N–H and O–H groups in total. The van der Waals surface area contributed by atoms with Gasteiger partial charge in [0.1, 0.15) is 0 Å². The zero-order valence-electron chi connectivity index (χ0n) is 13.6. The lowest BCUT2D eigenvalue weighted by molar-refractivity contribution is -0.0548. The third-order valence-corrected chi connectivity index (χ3v) is 6.03. The van der Waals surface area contributed by atoms with Crippen LogP contribution in [0.3, 0.4) is 0 Å². The molecular formula is C17H31N3O2. The Labute approximate surface area is 133 Å². The van der Waals surface area contributed by atoms with Gasteiger partial charge < -0.3 is 20.9 Å². The Morgan fingerprint density at radius 1 is 1.14 bits per heavy atom. The van der Waals surface area contributed by atoms with E-state index in [2.05, 4.69) is 10.3 Å². The molecule has 1 aliphatic heterocycles. The molecule has 1 spiro atoms. The number of rotatable bonds is 3. The van der Waals surface area contributed by atoms with Gasteiger partial charge in [0, 0.05) is 37.1 Å². The Morgan fingerprint density at radius 2 is 1.86 bits per heavy atom. The molecule has 22 heavy (non-hydrogen) atoms. The number of nitrogens with zero attached hydrogens (tertiary/aromatic N) is 1. The number of hydrogen-bond donors (Lipinski definition) is 3. The zero-order valence-corrected chi connectivity index (χ0v) is 13.6. The fraction of sp³-hybridized carbons (Fsp3) is 0.941. The number of hydrogen-bond acceptors (Lipinski definition) is 3. The molecular weight excluding hydrogens is 278 g/mol. The average molecular weight is 309 g/mol. The molecule has 1 saturated heterocycles. The van der Waals surface area contributed by atoms with Crippen LogP contribution in [0.15, 0.2) is 4.99 Å². The van der Waals surface area contributed by atoms with E-state index in [-0.39, 0.29) is 17.4 Å². The summed E-state index contributed by atoms with van der Waals surface area (Å²) in [5.41, 5.74) is 6.12. The molecule has 0 aromatic carbocycles. The predicted molar refractivity (Wildman–Crippen MR) is 87.7 cm³/mol. The summed E-state index contributed by atoms with van der Waals surface area (Å²) in [6.45, 7) is 2.23. The van der Waals surface area contributed by atoms with E-state index >= 15 is 0 Å². The van der Waals surface area contributed by atoms with Crippen molar-refractivity contribution in [2.75, 3.05) is 19.8 Å². The summed E-state index contributed by atoms with van der Waals surface area (Å²) < 4.78 is 5.45. The van der Waals surface area contributed by atoms with Crippen molar-refractivity contribution in [3.8, 4) is 0 Å². The molecule has 2 atom stereocenters. The van der Waals surface area contributed by atoms with E-state index in [0.29, 0.717) is 18.5 Å². The number of ether oxygens (including phenoxy) is 1. The second-order valence-electron chi connectivity index (χ2n) is 7.42. The molecule has 0 bridgehead atoms. The first-order valence-corrected chi connectivity index (χ1v) is 9.02. The number of nitrogens with two attached hydrogens (primary N) is 1. The van der Waals surface area contributed by atoms with Gasteiger partial charge in [0.15, 0.2) is 5.96 Å². The molecule has 2 unspecified atom stereocenters. The van der Waals surface area contributed by atoms with Crippen LogP contribution in [0.25, 0.3) is 0 Å². The van der Waals surface area contributed by atoms with Gasteiger partial charge in [-0.25, -0.2) is 0 Å². The van der Waals surface area contributed by atoms with Crippen molar-refractivity contribution in [2.45, 2.75) is 69.9 Å². The van der Waals surface area contributed by atoms with Crippen molar-refractivity contribution in [3.05, 3.63) is 0 Å². The smallest absolute Gasteiger partial charge is 0.188 e. The number of aliphatic imine (C=N–C) groups is 1. The molecule has 0 aromatic rings. The molecule has 1 heterocycles. The third kappa shape index (κ3) is 3.57. The molecule has 0 radical (unpaired) electrons. The van der Waals surface area contributed by atoms with E-state index in [1.54, 1.807) is 0 Å². The molecule has 3 fully saturated rings. The van der Waals surface area contributed by atoms with Crippen LogP contribution in [0.5, 0.6) is 0 Å². The average Bonchev–Trinajstić information content (AvgIpc) is 2.84. The number of guanidine groups is 1. The molecule has 2 aliphatic carbocycles. The van der Waals surface area contributed by atoms with Crippen LogP contribution >= 0.6 is 0 Å². The van der Waals surface area contributed by atoms with Crippen molar-refractivity contribution in [2.24, 2.45) is 22.1 Å². The quantitative estimate of drug-likeness (QED) is 0.548. The Hall–Kier alpha value is -0.810. The van der Waals surface area contributed by atoms with Crippen LogP contribution < -0.4 is 11.1 Å². The van der Waals surface area contributed by atoms with Gasteiger partial charge >= 0.3 is 0 Å². The van der Waals surface area contributed by atoms with Gasteiger partial charge in [-0.3, -0.25) is 4.99 Å². The third-order valence-electron chi connectivity index (χ3n) is 6.03. The molecule has 5 heteroatoms. The molecule has 2 saturated carbocycles. The van der Waals surface area contributed by atoms with Crippen LogP contribution in [0.2, 0.25) is 0 Å². The van der Waals surface area contributed by atoms with Crippen LogP contribution in [-0.2, 0) is 4.74 Å². The lowest BCUT2D eigenvalue weighted by atomic mass is 9.76. The van der Waals surface area contributed by atoms with Gasteiger partial charge in [-0.2, -0.15) is 0 Å². The van der Waals surface area contributed by atoms with E-state index < -0.39 is 0 Å². The van der Waals surface area contributed by atoms with E-state index in [1.807, 2.05) is 0 Å². The molecule has 126 valence electrons. The Bertz CT molecular complexity index is 387. The summed E-state index contributed by atoms with van der Waals surface area (Å²) >= 11 is 0. The summed E-state index contributed by atoms with van der Waals surface area (Å²) in [7, 11) is 0. The van der Waals surface area contributed by atoms with Crippen molar-refractivity contribution >= 4 is 5.96 Å². The summed E-state index contributed by atoms with van der Waals surface area (Å²) in [6.07, 6.45) is 10.2. The van der Waals surface area contributed by atoms with Crippen LogP contribution in [0, 0.1) is 11.3 Å². The van der Waals surface area contributed by atoms with Crippen molar-refractivity contribution in [1.82, 2.24) is 5.32 Å². The highest BCUT2D eigenvalue weighted by molar-refractivity contribution is 5.78. The summed E-state index contributed by atoms with van der Waals surface area (Å²) in [4.78, 5) is 4.52. The Morgan fingerprint density at radius 3 is 2.59 bits per heavy atom. The van der Waals surface area contributed by atoms with Gasteiger partial charge in [-0.1, -0.05) is 19.3 Å². The van der Waals surface area contributed by atoms with Crippen molar-refractivity contribution in [3.63, 3.8) is 0 Å². The van der Waals surface area contributed by atoms with Gasteiger partial charge in [-0.15, -0.1) is 0 Å². The monoisotopic (exact) mass is 309 g/mol. The summed E-state index contributed by atoms with van der Waals surface area (Å²) in [5, 5.41) is 14.1. The highest BCUT2D eigenvalue weighted by Crippen LogP contribution is 2.48. The van der Waals surface area contributed by atoms with Crippen molar-refractivity contribution in [1.29, 1.82) is 0 Å². The number of aliphatic hydroxyl groups excluding tert-OH is 1. The number of aliphatic hydroxyl groups is 1. The van der Waals surface area contributed by atoms with Crippen LogP contribution in [-0.4, -0.2) is 43.0 Å². The first-order valence-electron chi connectivity index (χ1n) is 9.02.